The Bertz CT molecular complexity index is 1860. The van der Waals surface area contributed by atoms with Crippen LogP contribution in [0.25, 0.3) is 22.7 Å². The molecule has 0 saturated heterocycles. The van der Waals surface area contributed by atoms with Crippen molar-refractivity contribution in [3.63, 3.8) is 0 Å². The lowest BCUT2D eigenvalue weighted by atomic mass is 9.65. The second kappa shape index (κ2) is 15.7. The predicted molar refractivity (Wildman–Crippen MR) is 205 cm³/mol. The molecule has 47 heavy (non-hydrogen) atoms. The molecule has 5 nitrogen and oxygen atoms in total. The SMILES string of the molecule is C=C/C=C\C(=C(C)C)N(C(/C=C\S)=C/N)c1ccc(C2(c3ccc(-n4c(/C=C\C=NC)cc5ccncc54)cc3)CCCCC2)cc1. The fourth-order valence-corrected chi connectivity index (χ4v) is 6.95. The molecule has 0 aliphatic heterocycles. The molecule has 4 aromatic rings. The van der Waals surface area contributed by atoms with Gasteiger partial charge < -0.3 is 15.2 Å². The van der Waals surface area contributed by atoms with E-state index in [-0.39, 0.29) is 5.41 Å². The molecular weight excluding hydrogens is 595 g/mol. The number of aliphatic imine (C=N–C) groups is 1. The van der Waals surface area contributed by atoms with Crippen LogP contribution in [0.3, 0.4) is 0 Å². The molecule has 2 aromatic heterocycles. The third-order valence-electron chi connectivity index (χ3n) is 9.02. The highest BCUT2D eigenvalue weighted by molar-refractivity contribution is 7.83. The van der Waals surface area contributed by atoms with Crippen LogP contribution in [0.15, 0.2) is 144 Å². The van der Waals surface area contributed by atoms with Crippen LogP contribution in [0.1, 0.15) is 62.8 Å². The minimum absolute atomic E-state index is 0.0552. The summed E-state index contributed by atoms with van der Waals surface area (Å²) >= 11 is 4.35. The molecule has 1 aliphatic rings. The van der Waals surface area contributed by atoms with E-state index in [0.717, 1.165) is 57.8 Å². The number of anilines is 1. The van der Waals surface area contributed by atoms with E-state index in [0.29, 0.717) is 0 Å². The maximum absolute atomic E-state index is 6.15. The number of nitrogens with two attached hydrogens (primary N) is 1. The van der Waals surface area contributed by atoms with Gasteiger partial charge in [-0.1, -0.05) is 67.8 Å². The minimum Gasteiger partial charge on any atom is -0.403 e. The average Bonchev–Trinajstić information content (AvgIpc) is 3.48. The van der Waals surface area contributed by atoms with Gasteiger partial charge in [-0.05, 0) is 104 Å². The number of benzene rings is 2. The maximum atomic E-state index is 6.15. The predicted octanol–water partition coefficient (Wildman–Crippen LogP) is 10.1. The molecule has 6 heteroatoms. The van der Waals surface area contributed by atoms with Gasteiger partial charge in [0.1, 0.15) is 0 Å². The average molecular weight is 640 g/mol. The fraction of sp³-hybridized carbons (Fsp3) is 0.220. The number of rotatable bonds is 11. The zero-order chi connectivity index (χ0) is 33.2. The number of nitrogens with zero attached hydrogens (tertiary/aromatic N) is 4. The zero-order valence-corrected chi connectivity index (χ0v) is 28.6. The van der Waals surface area contributed by atoms with E-state index in [4.69, 9.17) is 5.73 Å². The lowest BCUT2D eigenvalue weighted by Gasteiger charge is -2.39. The number of hydrogen-bond acceptors (Lipinski definition) is 5. The molecule has 0 bridgehead atoms. The summed E-state index contributed by atoms with van der Waals surface area (Å²) in [5, 5.41) is 2.87. The summed E-state index contributed by atoms with van der Waals surface area (Å²) in [4.78, 5) is 10.7. The van der Waals surface area contributed by atoms with Crippen LogP contribution in [0.5, 0.6) is 0 Å². The Morgan fingerprint density at radius 1 is 0.979 bits per heavy atom. The molecule has 0 atom stereocenters. The summed E-state index contributed by atoms with van der Waals surface area (Å²) in [5.41, 5.74) is 16.1. The van der Waals surface area contributed by atoms with Crippen molar-refractivity contribution >= 4 is 41.5 Å². The molecule has 0 spiro atoms. The Morgan fingerprint density at radius 2 is 1.68 bits per heavy atom. The minimum atomic E-state index is -0.0552. The molecule has 1 saturated carbocycles. The summed E-state index contributed by atoms with van der Waals surface area (Å²) in [7, 11) is 1.78. The molecule has 2 heterocycles. The Hall–Kier alpha value is -4.81. The number of aromatic nitrogens is 2. The van der Waals surface area contributed by atoms with Gasteiger partial charge in [-0.25, -0.2) is 0 Å². The van der Waals surface area contributed by atoms with Crippen LogP contribution in [-0.2, 0) is 5.41 Å². The van der Waals surface area contributed by atoms with Crippen LogP contribution in [-0.4, -0.2) is 22.8 Å². The Morgan fingerprint density at radius 3 is 2.30 bits per heavy atom. The molecule has 0 unspecified atom stereocenters. The molecule has 0 radical (unpaired) electrons. The van der Waals surface area contributed by atoms with E-state index < -0.39 is 0 Å². The monoisotopic (exact) mass is 639 g/mol. The lowest BCUT2D eigenvalue weighted by Crippen LogP contribution is -2.30. The second-order valence-corrected chi connectivity index (χ2v) is 12.4. The molecule has 1 aliphatic carbocycles. The first-order valence-electron chi connectivity index (χ1n) is 16.2. The number of thiol groups is 1. The molecule has 0 amide bonds. The first-order chi connectivity index (χ1) is 23.0. The van der Waals surface area contributed by atoms with Gasteiger partial charge in [0.05, 0.1) is 17.4 Å². The normalized spacial score (nSPS) is 15.4. The third-order valence-corrected chi connectivity index (χ3v) is 9.17. The van der Waals surface area contributed by atoms with Crippen molar-refractivity contribution in [1.82, 2.24) is 9.55 Å². The van der Waals surface area contributed by atoms with E-state index in [9.17, 15) is 0 Å². The molecule has 2 N–H and O–H groups in total. The summed E-state index contributed by atoms with van der Waals surface area (Å²) in [6, 6.07) is 22.5. The van der Waals surface area contributed by atoms with Gasteiger partial charge in [0, 0.05) is 59.2 Å². The molecule has 240 valence electrons. The van der Waals surface area contributed by atoms with Crippen molar-refractivity contribution in [3.8, 4) is 5.69 Å². The van der Waals surface area contributed by atoms with E-state index >= 15 is 0 Å². The van der Waals surface area contributed by atoms with Crippen LogP contribution in [0.2, 0.25) is 0 Å². The summed E-state index contributed by atoms with van der Waals surface area (Å²) in [6.45, 7) is 8.08. The molecule has 1 fully saturated rings. The van der Waals surface area contributed by atoms with Crippen molar-refractivity contribution in [2.24, 2.45) is 10.7 Å². The van der Waals surface area contributed by atoms with Gasteiger partial charge in [-0.15, -0.1) is 0 Å². The Labute approximate surface area is 285 Å². The quantitative estimate of drug-likeness (QED) is 0.0976. The third kappa shape index (κ3) is 7.13. The highest BCUT2D eigenvalue weighted by Gasteiger charge is 2.36. The summed E-state index contributed by atoms with van der Waals surface area (Å²) in [6.07, 6.45) is 24.9. The summed E-state index contributed by atoms with van der Waals surface area (Å²) < 4.78 is 2.27. The van der Waals surface area contributed by atoms with Crippen LogP contribution >= 0.6 is 12.6 Å². The number of allylic oxidation sites excluding steroid dienone is 6. The first-order valence-corrected chi connectivity index (χ1v) is 16.7. The molecular formula is C41H45N5S. The molecule has 5 rings (SSSR count). The van der Waals surface area contributed by atoms with Crippen molar-refractivity contribution in [3.05, 3.63) is 155 Å². The number of pyridine rings is 1. The van der Waals surface area contributed by atoms with Crippen LogP contribution in [0.4, 0.5) is 5.69 Å². The largest absolute Gasteiger partial charge is 0.403 e. The van der Waals surface area contributed by atoms with Crippen molar-refractivity contribution in [2.75, 3.05) is 11.9 Å². The first kappa shape index (κ1) is 33.6. The highest BCUT2D eigenvalue weighted by atomic mass is 32.1. The van der Waals surface area contributed by atoms with E-state index in [1.54, 1.807) is 24.7 Å². The molecule has 2 aromatic carbocycles. The van der Waals surface area contributed by atoms with E-state index in [1.165, 1.54) is 30.4 Å². The van der Waals surface area contributed by atoms with E-state index in [2.05, 4.69) is 125 Å². The van der Waals surface area contributed by atoms with E-state index in [1.807, 2.05) is 36.8 Å². The smallest absolute Gasteiger partial charge is 0.0718 e. The van der Waals surface area contributed by atoms with Gasteiger partial charge in [0.25, 0.3) is 0 Å². The van der Waals surface area contributed by atoms with Crippen LogP contribution < -0.4 is 10.6 Å². The Kier molecular flexibility index (Phi) is 11.2. The summed E-state index contributed by atoms with van der Waals surface area (Å²) in [5.74, 6) is 0. The highest BCUT2D eigenvalue weighted by Crippen LogP contribution is 2.46. The fourth-order valence-electron chi connectivity index (χ4n) is 6.80. The van der Waals surface area contributed by atoms with Gasteiger partial charge in [0.15, 0.2) is 0 Å². The zero-order valence-electron chi connectivity index (χ0n) is 27.7. The Balaban J connectivity index is 1.56. The van der Waals surface area contributed by atoms with Gasteiger partial charge in [-0.2, -0.15) is 12.6 Å². The van der Waals surface area contributed by atoms with Gasteiger partial charge >= 0.3 is 0 Å². The maximum Gasteiger partial charge on any atom is 0.0718 e. The standard InChI is InChI=1S/C41H45N5S/c1-5-6-12-39(31(2)3)46(38(29-42)22-27-47)36-19-15-34(16-20-36)41(23-8-7-9-24-41)33-13-17-35(18-14-33)45-37(11-10-25-43-4)28-32-21-26-44-30-40(32)45/h5-6,10-22,25-30,47H,1,7-9,23-24,42H2,2-4H3/b11-10-,12-6-,27-22-,38-29+,43-25?. The second-order valence-electron chi connectivity index (χ2n) is 12.1. The van der Waals surface area contributed by atoms with Crippen molar-refractivity contribution in [1.29, 1.82) is 0 Å². The van der Waals surface area contributed by atoms with Gasteiger partial charge in [0.2, 0.25) is 0 Å². The van der Waals surface area contributed by atoms with Crippen LogP contribution in [0, 0.1) is 0 Å². The van der Waals surface area contributed by atoms with Crippen molar-refractivity contribution in [2.45, 2.75) is 51.4 Å². The topological polar surface area (TPSA) is 59.4 Å². The number of fused-ring (bicyclic) bond motifs is 1. The van der Waals surface area contributed by atoms with Crippen molar-refractivity contribution < 1.29 is 0 Å². The number of hydrogen-bond donors (Lipinski definition) is 2. The lowest BCUT2D eigenvalue weighted by molar-refractivity contribution is 0.346. The van der Waals surface area contributed by atoms with Gasteiger partial charge in [-0.3, -0.25) is 9.98 Å².